The van der Waals surface area contributed by atoms with Gasteiger partial charge in [-0.3, -0.25) is 4.79 Å². The molecule has 10 heteroatoms. The number of thioether (sulfide) groups is 1. The number of alkyl halides is 2. The van der Waals surface area contributed by atoms with Gasteiger partial charge in [0.05, 0.1) is 10.8 Å². The maximum atomic E-state index is 13.2. The number of nitrogens with zero attached hydrogens (tertiary/aromatic N) is 1. The van der Waals surface area contributed by atoms with Crippen LogP contribution in [0.5, 0.6) is 5.75 Å². The molecule has 1 aromatic rings. The summed E-state index contributed by atoms with van der Waals surface area (Å²) in [7, 11) is -3.79. The van der Waals surface area contributed by atoms with Crippen LogP contribution in [0.1, 0.15) is 30.4 Å². The van der Waals surface area contributed by atoms with E-state index in [4.69, 9.17) is 0 Å². The fourth-order valence-corrected chi connectivity index (χ4v) is 6.86. The molecule has 1 saturated heterocycles. The molecular formula is C19H22F2N2O4S2. The summed E-state index contributed by atoms with van der Waals surface area (Å²) in [6.45, 7) is -2.30. The van der Waals surface area contributed by atoms with E-state index in [2.05, 4.69) is 10.1 Å². The summed E-state index contributed by atoms with van der Waals surface area (Å²) >= 11 is 1.42. The molecule has 6 nitrogen and oxygen atoms in total. The van der Waals surface area contributed by atoms with E-state index in [1.807, 2.05) is 0 Å². The Hall–Kier alpha value is -1.65. The molecule has 4 rings (SSSR count). The van der Waals surface area contributed by atoms with Crippen LogP contribution in [-0.4, -0.2) is 49.5 Å². The highest BCUT2D eigenvalue weighted by atomic mass is 32.2. The third-order valence-corrected chi connectivity index (χ3v) is 8.50. The van der Waals surface area contributed by atoms with Gasteiger partial charge in [-0.2, -0.15) is 13.1 Å². The van der Waals surface area contributed by atoms with Gasteiger partial charge in [-0.1, -0.05) is 6.07 Å². The number of fused-ring (bicyclic) bond motifs is 1. The van der Waals surface area contributed by atoms with Crippen LogP contribution >= 0.6 is 11.8 Å². The van der Waals surface area contributed by atoms with E-state index in [0.29, 0.717) is 30.2 Å². The Labute approximate surface area is 172 Å². The van der Waals surface area contributed by atoms with Crippen molar-refractivity contribution in [1.29, 1.82) is 0 Å². The first kappa shape index (κ1) is 20.6. The smallest absolute Gasteiger partial charge is 0.387 e. The number of carbonyl (C=O) groups excluding carboxylic acids is 1. The van der Waals surface area contributed by atoms with Crippen LogP contribution < -0.4 is 10.1 Å². The molecule has 0 aromatic heterocycles. The van der Waals surface area contributed by atoms with Crippen LogP contribution in [0.25, 0.3) is 6.08 Å². The van der Waals surface area contributed by atoms with Gasteiger partial charge in [0.1, 0.15) is 11.8 Å². The van der Waals surface area contributed by atoms with Crippen molar-refractivity contribution in [2.45, 2.75) is 38.3 Å². The first-order valence-electron chi connectivity index (χ1n) is 9.50. The first-order valence-corrected chi connectivity index (χ1v) is 12.1. The van der Waals surface area contributed by atoms with Crippen LogP contribution in [0.15, 0.2) is 23.1 Å². The van der Waals surface area contributed by atoms with Crippen molar-refractivity contribution in [3.63, 3.8) is 0 Å². The Balaban J connectivity index is 1.52. The minimum atomic E-state index is -3.79. The molecule has 2 aliphatic carbocycles. The van der Waals surface area contributed by atoms with E-state index in [1.54, 1.807) is 12.1 Å². The Bertz CT molecular complexity index is 932. The van der Waals surface area contributed by atoms with Crippen molar-refractivity contribution in [1.82, 2.24) is 9.62 Å². The Morgan fingerprint density at radius 1 is 1.31 bits per heavy atom. The number of nitrogens with one attached hydrogen (secondary N) is 1. The maximum absolute atomic E-state index is 13.2. The largest absolute Gasteiger partial charge is 0.435 e. The molecule has 3 aliphatic rings. The van der Waals surface area contributed by atoms with Crippen LogP contribution in [-0.2, 0) is 21.2 Å². The number of aryl methyl sites for hydroxylation is 1. The van der Waals surface area contributed by atoms with E-state index >= 15 is 0 Å². The Morgan fingerprint density at radius 3 is 2.83 bits per heavy atom. The number of ether oxygens (including phenoxy) is 1. The summed E-state index contributed by atoms with van der Waals surface area (Å²) in [6, 6.07) is 3.80. The molecule has 1 amide bonds. The van der Waals surface area contributed by atoms with Crippen LogP contribution in [0, 0.1) is 5.92 Å². The van der Waals surface area contributed by atoms with Gasteiger partial charge in [0, 0.05) is 12.3 Å². The maximum Gasteiger partial charge on any atom is 0.387 e. The minimum Gasteiger partial charge on any atom is -0.435 e. The molecule has 1 saturated carbocycles. The van der Waals surface area contributed by atoms with E-state index in [-0.39, 0.29) is 28.9 Å². The predicted molar refractivity (Wildman–Crippen MR) is 107 cm³/mol. The Kier molecular flexibility index (Phi) is 5.85. The molecule has 1 aliphatic heterocycles. The van der Waals surface area contributed by atoms with Crippen molar-refractivity contribution in [3.8, 4) is 5.75 Å². The number of hydrogen-bond donors (Lipinski definition) is 1. The fraction of sp³-hybridized carbons (Fsp3) is 0.526. The van der Waals surface area contributed by atoms with Crippen molar-refractivity contribution in [3.05, 3.63) is 34.2 Å². The third kappa shape index (κ3) is 4.59. The molecule has 0 bridgehead atoms. The number of halogens is 2. The van der Waals surface area contributed by atoms with Gasteiger partial charge >= 0.3 is 6.61 Å². The summed E-state index contributed by atoms with van der Waals surface area (Å²) in [4.78, 5) is 12.8. The summed E-state index contributed by atoms with van der Waals surface area (Å²) in [5.74, 6) is 1.02. The van der Waals surface area contributed by atoms with Gasteiger partial charge in [-0.05, 0) is 60.9 Å². The highest BCUT2D eigenvalue weighted by molar-refractivity contribution is 8.01. The van der Waals surface area contributed by atoms with Gasteiger partial charge in [0.25, 0.3) is 0 Å². The number of sulfonamides is 1. The third-order valence-electron chi connectivity index (χ3n) is 5.34. The molecule has 1 N–H and O–H groups in total. The van der Waals surface area contributed by atoms with Crippen LogP contribution in [0.4, 0.5) is 8.78 Å². The summed E-state index contributed by atoms with van der Waals surface area (Å²) in [5.41, 5.74) is 1.43. The van der Waals surface area contributed by atoms with Crippen LogP contribution in [0.3, 0.4) is 0 Å². The molecular weight excluding hydrogens is 422 g/mol. The van der Waals surface area contributed by atoms with Crippen LogP contribution in [0.2, 0.25) is 0 Å². The van der Waals surface area contributed by atoms with Crippen molar-refractivity contribution in [2.75, 3.05) is 18.2 Å². The zero-order chi connectivity index (χ0) is 20.6. The zero-order valence-electron chi connectivity index (χ0n) is 15.6. The molecule has 1 aromatic carbocycles. The lowest BCUT2D eigenvalue weighted by atomic mass is 9.97. The SMILES string of the molecule is O=C(NCC1CC1)C1CSCN1S(=O)(=O)C1=Cc2ccc(OC(F)F)cc2CC1. The van der Waals surface area contributed by atoms with E-state index in [0.717, 1.165) is 18.4 Å². The Morgan fingerprint density at radius 2 is 2.10 bits per heavy atom. The lowest BCUT2D eigenvalue weighted by molar-refractivity contribution is -0.123. The van der Waals surface area contributed by atoms with E-state index in [1.165, 1.54) is 28.2 Å². The topological polar surface area (TPSA) is 75.7 Å². The number of benzene rings is 1. The fourth-order valence-electron chi connectivity index (χ4n) is 3.53. The molecule has 1 atom stereocenters. The van der Waals surface area contributed by atoms with Crippen molar-refractivity contribution < 1.29 is 26.7 Å². The van der Waals surface area contributed by atoms with Gasteiger partial charge in [0.15, 0.2) is 0 Å². The molecule has 0 radical (unpaired) electrons. The van der Waals surface area contributed by atoms with E-state index in [9.17, 15) is 22.0 Å². The average Bonchev–Trinajstić information content (AvgIpc) is 3.37. The van der Waals surface area contributed by atoms with Gasteiger partial charge in [-0.15, -0.1) is 11.8 Å². The second-order valence-electron chi connectivity index (χ2n) is 7.45. The summed E-state index contributed by atoms with van der Waals surface area (Å²) in [5, 5.41) is 2.88. The van der Waals surface area contributed by atoms with Gasteiger partial charge in [-0.25, -0.2) is 8.42 Å². The minimum absolute atomic E-state index is 0.0572. The van der Waals surface area contributed by atoms with Crippen molar-refractivity contribution >= 4 is 33.8 Å². The summed E-state index contributed by atoms with van der Waals surface area (Å²) in [6.07, 6.45) is 4.45. The second-order valence-corrected chi connectivity index (χ2v) is 10.4. The lowest BCUT2D eigenvalue weighted by Crippen LogP contribution is -2.47. The highest BCUT2D eigenvalue weighted by Gasteiger charge is 2.41. The molecule has 0 spiro atoms. The van der Waals surface area contributed by atoms with E-state index < -0.39 is 22.7 Å². The first-order chi connectivity index (χ1) is 13.8. The number of hydrogen-bond acceptors (Lipinski definition) is 5. The number of allylic oxidation sites excluding steroid dienone is 1. The number of rotatable bonds is 7. The molecule has 158 valence electrons. The second kappa shape index (κ2) is 8.23. The number of amides is 1. The normalized spacial score (nSPS) is 22.3. The predicted octanol–water partition coefficient (Wildman–Crippen LogP) is 2.81. The van der Waals surface area contributed by atoms with Gasteiger partial charge < -0.3 is 10.1 Å². The molecule has 2 fully saturated rings. The highest BCUT2D eigenvalue weighted by Crippen LogP contribution is 2.35. The zero-order valence-corrected chi connectivity index (χ0v) is 17.3. The van der Waals surface area contributed by atoms with Crippen molar-refractivity contribution in [2.24, 2.45) is 5.92 Å². The molecule has 29 heavy (non-hydrogen) atoms. The standard InChI is InChI=1S/C19H22F2N2O4S2/c20-19(21)27-15-5-3-14-8-16(6-4-13(14)7-15)29(25,26)23-11-28-10-17(23)18(24)22-9-12-1-2-12/h3,5,7-8,12,17,19H,1-2,4,6,9-11H2,(H,22,24). The monoisotopic (exact) mass is 444 g/mol. The average molecular weight is 445 g/mol. The number of carbonyl (C=O) groups is 1. The lowest BCUT2D eigenvalue weighted by Gasteiger charge is -2.26. The summed E-state index contributed by atoms with van der Waals surface area (Å²) < 4.78 is 56.9. The quantitative estimate of drug-likeness (QED) is 0.700. The van der Waals surface area contributed by atoms with Gasteiger partial charge in [0.2, 0.25) is 15.9 Å². The molecule has 1 heterocycles. The molecule has 1 unspecified atom stereocenters.